The molecule has 1 aromatic carbocycles. The molecule has 0 saturated carbocycles. The second-order valence-corrected chi connectivity index (χ2v) is 8.85. The zero-order chi connectivity index (χ0) is 19.8. The highest BCUT2D eigenvalue weighted by Gasteiger charge is 2.48. The number of sulfonamides is 1. The van der Waals surface area contributed by atoms with Gasteiger partial charge in [0, 0.05) is 19.6 Å². The highest BCUT2D eigenvalue weighted by Crippen LogP contribution is 2.40. The number of carbonyl (C=O) groups excluding carboxylic acids is 1. The van der Waals surface area contributed by atoms with Gasteiger partial charge in [-0.1, -0.05) is 12.1 Å². The maximum atomic E-state index is 13.1. The van der Waals surface area contributed by atoms with E-state index in [0.29, 0.717) is 6.42 Å². The van der Waals surface area contributed by atoms with Crippen molar-refractivity contribution in [3.05, 3.63) is 29.8 Å². The normalized spacial score (nSPS) is 19.5. The maximum absolute atomic E-state index is 13.1. The fraction of sp³-hybridized carbons (Fsp3) is 0.562. The lowest BCUT2D eigenvalue weighted by molar-refractivity contribution is -0.180. The van der Waals surface area contributed by atoms with Gasteiger partial charge in [0.25, 0.3) is 0 Å². The van der Waals surface area contributed by atoms with Gasteiger partial charge in [0.2, 0.25) is 10.0 Å². The predicted molar refractivity (Wildman–Crippen MR) is 90.0 cm³/mol. The summed E-state index contributed by atoms with van der Waals surface area (Å²) >= 11 is 0. The van der Waals surface area contributed by atoms with E-state index < -0.39 is 27.6 Å². The SMILES string of the molecule is CC(C)(c1ccc(S(=O)(=O)N2CCC(CNC(N)=O)C2)cc1)C(F)(F)F. The molecule has 1 atom stereocenters. The van der Waals surface area contributed by atoms with Gasteiger partial charge in [0.15, 0.2) is 0 Å². The van der Waals surface area contributed by atoms with E-state index in [2.05, 4.69) is 5.32 Å². The molecule has 0 radical (unpaired) electrons. The average molecular weight is 393 g/mol. The van der Waals surface area contributed by atoms with Crippen molar-refractivity contribution < 1.29 is 26.4 Å². The molecule has 10 heteroatoms. The number of urea groups is 1. The Labute approximate surface area is 150 Å². The summed E-state index contributed by atoms with van der Waals surface area (Å²) in [7, 11) is -3.80. The van der Waals surface area contributed by atoms with Crippen LogP contribution in [0.2, 0.25) is 0 Å². The van der Waals surface area contributed by atoms with Crippen LogP contribution >= 0.6 is 0 Å². The molecule has 0 aromatic heterocycles. The lowest BCUT2D eigenvalue weighted by atomic mass is 9.84. The lowest BCUT2D eigenvalue weighted by Crippen LogP contribution is -2.36. The molecule has 1 aromatic rings. The van der Waals surface area contributed by atoms with Crippen LogP contribution in [-0.4, -0.2) is 44.6 Å². The fourth-order valence-electron chi connectivity index (χ4n) is 2.78. The topological polar surface area (TPSA) is 92.5 Å². The van der Waals surface area contributed by atoms with Gasteiger partial charge in [-0.2, -0.15) is 17.5 Å². The van der Waals surface area contributed by atoms with Gasteiger partial charge in [-0.05, 0) is 43.9 Å². The number of amides is 2. The molecule has 146 valence electrons. The largest absolute Gasteiger partial charge is 0.397 e. The van der Waals surface area contributed by atoms with Gasteiger partial charge < -0.3 is 11.1 Å². The summed E-state index contributed by atoms with van der Waals surface area (Å²) in [6.45, 7) is 2.88. The third-order valence-electron chi connectivity index (χ3n) is 4.74. The van der Waals surface area contributed by atoms with Crippen LogP contribution in [0.25, 0.3) is 0 Å². The molecule has 1 unspecified atom stereocenters. The highest BCUT2D eigenvalue weighted by molar-refractivity contribution is 7.89. The van der Waals surface area contributed by atoms with E-state index in [1.165, 1.54) is 28.6 Å². The molecule has 26 heavy (non-hydrogen) atoms. The molecule has 2 rings (SSSR count). The number of nitrogens with one attached hydrogen (secondary N) is 1. The minimum Gasteiger partial charge on any atom is -0.352 e. The molecule has 1 aliphatic rings. The van der Waals surface area contributed by atoms with Crippen LogP contribution in [-0.2, 0) is 15.4 Å². The molecule has 2 amide bonds. The zero-order valence-electron chi connectivity index (χ0n) is 14.5. The van der Waals surface area contributed by atoms with Crippen LogP contribution in [0, 0.1) is 5.92 Å². The van der Waals surface area contributed by atoms with Crippen molar-refractivity contribution >= 4 is 16.1 Å². The van der Waals surface area contributed by atoms with Crippen LogP contribution in [0.15, 0.2) is 29.2 Å². The summed E-state index contributed by atoms with van der Waals surface area (Å²) in [5.41, 5.74) is 2.92. The highest BCUT2D eigenvalue weighted by atomic mass is 32.2. The first kappa shape index (κ1) is 20.5. The Hall–Kier alpha value is -1.81. The number of benzene rings is 1. The Bertz CT molecular complexity index is 761. The van der Waals surface area contributed by atoms with E-state index in [0.717, 1.165) is 13.8 Å². The molecule has 6 nitrogen and oxygen atoms in total. The van der Waals surface area contributed by atoms with Crippen LogP contribution in [0.5, 0.6) is 0 Å². The molecule has 0 bridgehead atoms. The molecule has 1 fully saturated rings. The number of nitrogens with two attached hydrogens (primary N) is 1. The Balaban J connectivity index is 2.14. The number of hydrogen-bond acceptors (Lipinski definition) is 3. The first-order valence-electron chi connectivity index (χ1n) is 8.06. The summed E-state index contributed by atoms with van der Waals surface area (Å²) in [5.74, 6) is -0.0549. The van der Waals surface area contributed by atoms with E-state index in [1.54, 1.807) is 0 Å². The average Bonchev–Trinajstić information content (AvgIpc) is 3.01. The number of primary amides is 1. The van der Waals surface area contributed by atoms with Crippen molar-refractivity contribution in [2.75, 3.05) is 19.6 Å². The standard InChI is InChI=1S/C16H22F3N3O3S/c1-15(2,16(17,18)19)12-3-5-13(6-4-12)26(24,25)22-8-7-11(10-22)9-21-14(20)23/h3-6,11H,7-10H2,1-2H3,(H3,20,21,23). The Morgan fingerprint density at radius 1 is 1.27 bits per heavy atom. The quantitative estimate of drug-likeness (QED) is 0.803. The first-order chi connectivity index (χ1) is 11.9. The third kappa shape index (κ3) is 4.12. The Morgan fingerprint density at radius 3 is 2.35 bits per heavy atom. The van der Waals surface area contributed by atoms with Crippen molar-refractivity contribution in [3.8, 4) is 0 Å². The minimum atomic E-state index is -4.44. The molecular weight excluding hydrogens is 371 g/mol. The van der Waals surface area contributed by atoms with Crippen LogP contribution in [0.3, 0.4) is 0 Å². The van der Waals surface area contributed by atoms with E-state index >= 15 is 0 Å². The van der Waals surface area contributed by atoms with E-state index in [-0.39, 0.29) is 36.0 Å². The number of rotatable bonds is 5. The van der Waals surface area contributed by atoms with Crippen LogP contribution < -0.4 is 11.1 Å². The van der Waals surface area contributed by atoms with Crippen molar-refractivity contribution in [3.63, 3.8) is 0 Å². The van der Waals surface area contributed by atoms with Gasteiger partial charge in [0.05, 0.1) is 10.3 Å². The second-order valence-electron chi connectivity index (χ2n) is 6.91. The van der Waals surface area contributed by atoms with Crippen molar-refractivity contribution in [1.82, 2.24) is 9.62 Å². The van der Waals surface area contributed by atoms with Crippen molar-refractivity contribution in [2.45, 2.75) is 36.8 Å². The molecule has 3 N–H and O–H groups in total. The molecule has 1 heterocycles. The molecule has 0 aliphatic carbocycles. The molecule has 0 spiro atoms. The van der Waals surface area contributed by atoms with Gasteiger partial charge in [0.1, 0.15) is 0 Å². The number of halogens is 3. The number of carbonyl (C=O) groups is 1. The second kappa shape index (κ2) is 7.07. The predicted octanol–water partition coefficient (Wildman–Crippen LogP) is 2.21. The van der Waals surface area contributed by atoms with Gasteiger partial charge >= 0.3 is 12.2 Å². The Morgan fingerprint density at radius 2 is 1.85 bits per heavy atom. The Kier molecular flexibility index (Phi) is 5.57. The summed E-state index contributed by atoms with van der Waals surface area (Å²) in [6.07, 6.45) is -3.87. The molecule has 1 saturated heterocycles. The van der Waals surface area contributed by atoms with E-state index in [1.807, 2.05) is 0 Å². The number of hydrogen-bond donors (Lipinski definition) is 2. The summed E-state index contributed by atoms with van der Waals surface area (Å²) in [6, 6.07) is 4.12. The van der Waals surface area contributed by atoms with Crippen molar-refractivity contribution in [1.29, 1.82) is 0 Å². The monoisotopic (exact) mass is 393 g/mol. The molecular formula is C16H22F3N3O3S. The summed E-state index contributed by atoms with van der Waals surface area (Å²) in [4.78, 5) is 10.7. The minimum absolute atomic E-state index is 0.00564. The van der Waals surface area contributed by atoms with Crippen LogP contribution in [0.1, 0.15) is 25.8 Å². The fourth-order valence-corrected chi connectivity index (χ4v) is 4.31. The van der Waals surface area contributed by atoms with E-state index in [9.17, 15) is 26.4 Å². The number of nitrogens with zero attached hydrogens (tertiary/aromatic N) is 1. The lowest BCUT2D eigenvalue weighted by Gasteiger charge is -2.28. The zero-order valence-corrected chi connectivity index (χ0v) is 15.3. The van der Waals surface area contributed by atoms with Gasteiger partial charge in [-0.3, -0.25) is 0 Å². The number of alkyl halides is 3. The summed E-state index contributed by atoms with van der Waals surface area (Å²) < 4.78 is 65.9. The van der Waals surface area contributed by atoms with Gasteiger partial charge in [-0.25, -0.2) is 13.2 Å². The van der Waals surface area contributed by atoms with Crippen molar-refractivity contribution in [2.24, 2.45) is 11.7 Å². The third-order valence-corrected chi connectivity index (χ3v) is 6.62. The maximum Gasteiger partial charge on any atom is 0.397 e. The van der Waals surface area contributed by atoms with Gasteiger partial charge in [-0.15, -0.1) is 0 Å². The van der Waals surface area contributed by atoms with E-state index in [4.69, 9.17) is 5.73 Å². The summed E-state index contributed by atoms with van der Waals surface area (Å²) in [5, 5.41) is 2.45. The van der Waals surface area contributed by atoms with Crippen LogP contribution in [0.4, 0.5) is 18.0 Å². The molecule has 1 aliphatic heterocycles. The first-order valence-corrected chi connectivity index (χ1v) is 9.50. The smallest absolute Gasteiger partial charge is 0.352 e.